The first-order valence-corrected chi connectivity index (χ1v) is 8.50. The van der Waals surface area contributed by atoms with Gasteiger partial charge in [0.05, 0.1) is 19.7 Å². The van der Waals surface area contributed by atoms with Gasteiger partial charge >= 0.3 is 0 Å². The fraction of sp³-hybridized carbons (Fsp3) is 0.421. The van der Waals surface area contributed by atoms with E-state index in [-0.39, 0.29) is 18.3 Å². The van der Waals surface area contributed by atoms with Gasteiger partial charge in [0.2, 0.25) is 5.91 Å². The van der Waals surface area contributed by atoms with Crippen molar-refractivity contribution in [3.63, 3.8) is 0 Å². The molecule has 6 heteroatoms. The fourth-order valence-electron chi connectivity index (χ4n) is 2.88. The molecule has 0 saturated carbocycles. The molecule has 2 aromatic rings. The van der Waals surface area contributed by atoms with Crippen LogP contribution in [0.1, 0.15) is 17.9 Å². The number of carbonyl (C=O) groups excluding carboxylic acids is 1. The lowest BCUT2D eigenvalue weighted by Gasteiger charge is -2.23. The van der Waals surface area contributed by atoms with Crippen LogP contribution < -0.4 is 10.2 Å². The fourth-order valence-corrected chi connectivity index (χ4v) is 2.88. The highest BCUT2D eigenvalue weighted by molar-refractivity contribution is 5.81. The third-order valence-electron chi connectivity index (χ3n) is 4.28. The third-order valence-corrected chi connectivity index (χ3v) is 4.28. The van der Waals surface area contributed by atoms with E-state index < -0.39 is 0 Å². The molecule has 2 heterocycles. The number of benzene rings is 1. The van der Waals surface area contributed by atoms with Gasteiger partial charge in [-0.25, -0.2) is 4.39 Å². The van der Waals surface area contributed by atoms with Gasteiger partial charge in [0.1, 0.15) is 17.3 Å². The van der Waals surface area contributed by atoms with Crippen molar-refractivity contribution in [2.24, 2.45) is 5.92 Å². The molecule has 1 amide bonds. The van der Waals surface area contributed by atoms with Gasteiger partial charge in [0, 0.05) is 24.8 Å². The molecule has 0 spiro atoms. The second-order valence-corrected chi connectivity index (χ2v) is 6.38. The molecule has 1 aromatic carbocycles. The highest BCUT2D eigenvalue weighted by atomic mass is 19.1. The molecule has 1 saturated heterocycles. The van der Waals surface area contributed by atoms with Gasteiger partial charge in [-0.3, -0.25) is 4.79 Å². The van der Waals surface area contributed by atoms with Crippen LogP contribution in [0.4, 0.5) is 10.1 Å². The third kappa shape index (κ3) is 5.06. The van der Waals surface area contributed by atoms with Crippen molar-refractivity contribution >= 4 is 11.6 Å². The Kier molecular flexibility index (Phi) is 5.71. The van der Waals surface area contributed by atoms with Crippen molar-refractivity contribution in [3.05, 3.63) is 53.7 Å². The van der Waals surface area contributed by atoms with Crippen molar-refractivity contribution in [3.8, 4) is 0 Å². The summed E-state index contributed by atoms with van der Waals surface area (Å²) < 4.78 is 24.1. The van der Waals surface area contributed by atoms with E-state index in [9.17, 15) is 9.18 Å². The average molecular weight is 346 g/mol. The first-order chi connectivity index (χ1) is 12.1. The zero-order chi connectivity index (χ0) is 17.6. The van der Waals surface area contributed by atoms with E-state index in [4.69, 9.17) is 9.15 Å². The number of nitrogens with one attached hydrogen (secondary N) is 1. The lowest BCUT2D eigenvalue weighted by molar-refractivity contribution is -0.120. The molecule has 1 aliphatic rings. The van der Waals surface area contributed by atoms with Crippen molar-refractivity contribution in [2.75, 3.05) is 31.2 Å². The van der Waals surface area contributed by atoms with Gasteiger partial charge < -0.3 is 19.4 Å². The van der Waals surface area contributed by atoms with Crippen molar-refractivity contribution < 1.29 is 18.3 Å². The van der Waals surface area contributed by atoms with E-state index in [1.165, 1.54) is 12.1 Å². The largest absolute Gasteiger partial charge is 0.464 e. The van der Waals surface area contributed by atoms with Crippen LogP contribution >= 0.6 is 0 Å². The summed E-state index contributed by atoms with van der Waals surface area (Å²) in [6, 6.07) is 9.90. The Balaban J connectivity index is 1.64. The number of furan rings is 1. The Hall–Kier alpha value is -2.34. The summed E-state index contributed by atoms with van der Waals surface area (Å²) in [7, 11) is 0. The van der Waals surface area contributed by atoms with Gasteiger partial charge in [-0.2, -0.15) is 0 Å². The van der Waals surface area contributed by atoms with E-state index in [1.54, 1.807) is 12.1 Å². The minimum atomic E-state index is -0.303. The Morgan fingerprint density at radius 1 is 1.28 bits per heavy atom. The Morgan fingerprint density at radius 2 is 2.08 bits per heavy atom. The maximum Gasteiger partial charge on any atom is 0.239 e. The van der Waals surface area contributed by atoms with Gasteiger partial charge in [0.15, 0.2) is 0 Å². The molecule has 1 N–H and O–H groups in total. The number of halogens is 1. The lowest BCUT2D eigenvalue weighted by Crippen LogP contribution is -2.39. The van der Waals surface area contributed by atoms with Gasteiger partial charge in [-0.05, 0) is 49.7 Å². The van der Waals surface area contributed by atoms with Crippen LogP contribution in [0.25, 0.3) is 0 Å². The molecule has 0 unspecified atom stereocenters. The number of amides is 1. The number of nitrogens with zero attached hydrogens (tertiary/aromatic N) is 1. The first kappa shape index (κ1) is 17.5. The van der Waals surface area contributed by atoms with Crippen LogP contribution in [0.2, 0.25) is 0 Å². The van der Waals surface area contributed by atoms with Crippen LogP contribution in [0, 0.1) is 18.7 Å². The topological polar surface area (TPSA) is 54.7 Å². The van der Waals surface area contributed by atoms with Crippen LogP contribution in [0.15, 0.2) is 40.8 Å². The zero-order valence-corrected chi connectivity index (χ0v) is 14.3. The maximum atomic E-state index is 13.2. The van der Waals surface area contributed by atoms with E-state index in [2.05, 4.69) is 5.32 Å². The van der Waals surface area contributed by atoms with Crippen LogP contribution in [-0.2, 0) is 16.1 Å². The molecule has 1 aromatic heterocycles. The second kappa shape index (κ2) is 8.16. The summed E-state index contributed by atoms with van der Waals surface area (Å²) >= 11 is 0. The van der Waals surface area contributed by atoms with Crippen molar-refractivity contribution in [2.45, 2.75) is 19.9 Å². The molecular formula is C19H23FN2O3. The van der Waals surface area contributed by atoms with Crippen molar-refractivity contribution in [1.82, 2.24) is 5.32 Å². The number of hydrogen-bond acceptors (Lipinski definition) is 4. The number of anilines is 1. The molecule has 0 radical (unpaired) electrons. The molecule has 1 atom stereocenters. The minimum absolute atomic E-state index is 0.0699. The maximum absolute atomic E-state index is 13.2. The SMILES string of the molecule is Cc1ccc(CN(CC(=O)NC[C@@H]2CCOC2)c2ccc(F)cc2)o1. The predicted molar refractivity (Wildman–Crippen MR) is 92.8 cm³/mol. The second-order valence-electron chi connectivity index (χ2n) is 6.38. The van der Waals surface area contributed by atoms with Crippen molar-refractivity contribution in [1.29, 1.82) is 0 Å². The quantitative estimate of drug-likeness (QED) is 0.838. The molecule has 25 heavy (non-hydrogen) atoms. The van der Waals surface area contributed by atoms with Gasteiger partial charge in [-0.15, -0.1) is 0 Å². The first-order valence-electron chi connectivity index (χ1n) is 8.50. The summed E-state index contributed by atoms with van der Waals surface area (Å²) in [5.74, 6) is 1.59. The Morgan fingerprint density at radius 3 is 2.72 bits per heavy atom. The average Bonchev–Trinajstić information content (AvgIpc) is 3.25. The normalized spacial score (nSPS) is 16.8. The zero-order valence-electron chi connectivity index (χ0n) is 14.3. The summed E-state index contributed by atoms with van der Waals surface area (Å²) in [5.41, 5.74) is 0.773. The summed E-state index contributed by atoms with van der Waals surface area (Å²) in [4.78, 5) is 14.2. The van der Waals surface area contributed by atoms with Gasteiger partial charge in [-0.1, -0.05) is 0 Å². The minimum Gasteiger partial charge on any atom is -0.464 e. The molecule has 3 rings (SSSR count). The molecule has 5 nitrogen and oxygen atoms in total. The van der Waals surface area contributed by atoms with Crippen LogP contribution in [0.5, 0.6) is 0 Å². The number of carbonyl (C=O) groups is 1. The molecule has 1 aliphatic heterocycles. The predicted octanol–water partition coefficient (Wildman–Crippen LogP) is 2.89. The molecule has 0 aliphatic carbocycles. The van der Waals surface area contributed by atoms with E-state index in [0.29, 0.717) is 25.6 Å². The summed E-state index contributed by atoms with van der Waals surface area (Å²) in [5, 5.41) is 2.96. The summed E-state index contributed by atoms with van der Waals surface area (Å²) in [6.07, 6.45) is 0.980. The summed E-state index contributed by atoms with van der Waals surface area (Å²) in [6.45, 7) is 4.59. The molecule has 134 valence electrons. The van der Waals surface area contributed by atoms with Crippen LogP contribution in [0.3, 0.4) is 0 Å². The van der Waals surface area contributed by atoms with Gasteiger partial charge in [0.25, 0.3) is 0 Å². The lowest BCUT2D eigenvalue weighted by atomic mass is 10.1. The van der Waals surface area contributed by atoms with E-state index >= 15 is 0 Å². The number of rotatable bonds is 7. The van der Waals surface area contributed by atoms with E-state index in [0.717, 1.165) is 30.2 Å². The smallest absolute Gasteiger partial charge is 0.239 e. The number of hydrogen-bond donors (Lipinski definition) is 1. The number of ether oxygens (including phenoxy) is 1. The highest BCUT2D eigenvalue weighted by Crippen LogP contribution is 2.19. The molecule has 0 bridgehead atoms. The monoisotopic (exact) mass is 346 g/mol. The standard InChI is InChI=1S/C19H23FN2O3/c1-14-2-7-18(25-14)11-22(17-5-3-16(20)4-6-17)12-19(23)21-10-15-8-9-24-13-15/h2-7,15H,8-13H2,1H3,(H,21,23)/t15-/m0/s1. The van der Waals surface area contributed by atoms with E-state index in [1.807, 2.05) is 24.0 Å². The Labute approximate surface area is 146 Å². The highest BCUT2D eigenvalue weighted by Gasteiger charge is 2.18. The number of aryl methyl sites for hydroxylation is 1. The van der Waals surface area contributed by atoms with Crippen LogP contribution in [-0.4, -0.2) is 32.2 Å². The molecular weight excluding hydrogens is 323 g/mol. The Bertz CT molecular complexity index is 693. The molecule has 1 fully saturated rings.